The average Bonchev–Trinajstić information content (AvgIpc) is 2.64. The fourth-order valence-electron chi connectivity index (χ4n) is 2.69. The molecule has 0 aliphatic carbocycles. The minimum Gasteiger partial charge on any atom is -0.283 e. The van der Waals surface area contributed by atoms with E-state index in [0.29, 0.717) is 11.5 Å². The van der Waals surface area contributed by atoms with Crippen molar-refractivity contribution < 1.29 is 9.59 Å². The molecule has 1 aromatic carbocycles. The van der Waals surface area contributed by atoms with Crippen molar-refractivity contribution in [1.82, 2.24) is 5.01 Å². The first-order valence-electron chi connectivity index (χ1n) is 9.78. The molecular formula is C22H36N2O2. The summed E-state index contributed by atoms with van der Waals surface area (Å²) in [6.07, 6.45) is 4.97. The highest BCUT2D eigenvalue weighted by Gasteiger charge is 2.25. The number of hydrazone groups is 1. The van der Waals surface area contributed by atoms with Crippen LogP contribution in [-0.4, -0.2) is 30.0 Å². The van der Waals surface area contributed by atoms with Crippen LogP contribution in [0.3, 0.4) is 0 Å². The van der Waals surface area contributed by atoms with E-state index in [0.717, 1.165) is 47.4 Å². The third kappa shape index (κ3) is 7.11. The van der Waals surface area contributed by atoms with Gasteiger partial charge in [0.05, 0.1) is 0 Å². The summed E-state index contributed by atoms with van der Waals surface area (Å²) in [7, 11) is 1.54. The molecule has 0 saturated carbocycles. The van der Waals surface area contributed by atoms with Crippen molar-refractivity contribution >= 4 is 17.9 Å². The molecule has 0 unspecified atom stereocenters. The van der Waals surface area contributed by atoms with Crippen LogP contribution in [0.4, 0.5) is 0 Å². The Morgan fingerprint density at radius 2 is 1.62 bits per heavy atom. The van der Waals surface area contributed by atoms with Crippen molar-refractivity contribution in [3.63, 3.8) is 0 Å². The molecule has 0 heterocycles. The van der Waals surface area contributed by atoms with Crippen molar-refractivity contribution in [2.45, 2.75) is 74.1 Å². The van der Waals surface area contributed by atoms with Gasteiger partial charge in [-0.15, -0.1) is 0 Å². The number of likely N-dealkylation sites (N-methyl/N-ethyl adjacent to an activating group) is 1. The molecule has 1 aromatic rings. The standard InChI is InChI=1S/C20H30N2O2.C2H6/c1-7-16-12-15(5)13-17(8-2)18(16)19(23)20(24)22(6)21-11-9-10-14(3)4;1-2/h11-14H,7-10H2,1-6H3;1-2H3/b21-11+;. The Hall–Kier alpha value is -1.97. The zero-order valence-electron chi connectivity index (χ0n) is 17.8. The number of carbonyl (C=O) groups is 2. The van der Waals surface area contributed by atoms with E-state index in [1.165, 1.54) is 7.05 Å². The van der Waals surface area contributed by atoms with E-state index in [-0.39, 0.29) is 0 Å². The Kier molecular flexibility index (Phi) is 11.5. The minimum atomic E-state index is -0.580. The number of nitrogens with zero attached hydrogens (tertiary/aromatic N) is 2. The molecule has 0 N–H and O–H groups in total. The van der Waals surface area contributed by atoms with Gasteiger partial charge in [0, 0.05) is 18.8 Å². The topological polar surface area (TPSA) is 49.7 Å². The molecule has 0 spiro atoms. The molecule has 0 bridgehead atoms. The van der Waals surface area contributed by atoms with Crippen LogP contribution in [0.25, 0.3) is 0 Å². The van der Waals surface area contributed by atoms with Gasteiger partial charge in [0.15, 0.2) is 0 Å². The number of rotatable bonds is 8. The summed E-state index contributed by atoms with van der Waals surface area (Å²) in [5.41, 5.74) is 3.54. The van der Waals surface area contributed by atoms with E-state index >= 15 is 0 Å². The normalized spacial score (nSPS) is 10.7. The smallest absolute Gasteiger partial charge is 0.283 e. The summed E-state index contributed by atoms with van der Waals surface area (Å²) < 4.78 is 0. The molecule has 146 valence electrons. The Bertz CT molecular complexity index is 594. The first kappa shape index (κ1) is 24.0. The average molecular weight is 361 g/mol. The molecule has 1 amide bonds. The minimum absolute atomic E-state index is 0.466. The molecule has 4 heteroatoms. The highest BCUT2D eigenvalue weighted by molar-refractivity contribution is 6.43. The largest absolute Gasteiger partial charge is 0.314 e. The number of Topliss-reactive ketones (excluding diaryl/α,β-unsaturated/α-hetero) is 1. The molecule has 0 aliphatic heterocycles. The number of hydrogen-bond acceptors (Lipinski definition) is 3. The fourth-order valence-corrected chi connectivity index (χ4v) is 2.69. The van der Waals surface area contributed by atoms with E-state index < -0.39 is 11.7 Å². The Labute approximate surface area is 159 Å². The number of aryl methyl sites for hydroxylation is 3. The quantitative estimate of drug-likeness (QED) is 0.276. The predicted molar refractivity (Wildman–Crippen MR) is 111 cm³/mol. The lowest BCUT2D eigenvalue weighted by Gasteiger charge is -2.15. The van der Waals surface area contributed by atoms with Crippen LogP contribution in [0.15, 0.2) is 17.2 Å². The van der Waals surface area contributed by atoms with Gasteiger partial charge in [0.2, 0.25) is 0 Å². The van der Waals surface area contributed by atoms with Gasteiger partial charge in [-0.05, 0) is 49.7 Å². The fraction of sp³-hybridized carbons (Fsp3) is 0.591. The number of benzene rings is 1. The second-order valence-corrected chi connectivity index (χ2v) is 6.59. The molecule has 0 saturated heterocycles. The molecule has 0 fully saturated rings. The molecule has 0 atom stereocenters. The summed E-state index contributed by atoms with van der Waals surface area (Å²) in [6, 6.07) is 3.98. The van der Waals surface area contributed by atoms with Crippen LogP contribution in [-0.2, 0) is 17.6 Å². The van der Waals surface area contributed by atoms with Crippen molar-refractivity contribution in [1.29, 1.82) is 0 Å². The summed E-state index contributed by atoms with van der Waals surface area (Å²) >= 11 is 0. The first-order chi connectivity index (χ1) is 12.3. The van der Waals surface area contributed by atoms with Gasteiger partial charge in [0.25, 0.3) is 5.78 Å². The molecule has 1 rings (SSSR count). The lowest BCUT2D eigenvalue weighted by atomic mass is 9.92. The highest BCUT2D eigenvalue weighted by atomic mass is 16.2. The van der Waals surface area contributed by atoms with Crippen molar-refractivity contribution in [3.8, 4) is 0 Å². The van der Waals surface area contributed by atoms with Crippen LogP contribution >= 0.6 is 0 Å². The number of carbonyl (C=O) groups excluding carboxylic acids is 2. The lowest BCUT2D eigenvalue weighted by Crippen LogP contribution is -2.31. The summed E-state index contributed by atoms with van der Waals surface area (Å²) in [6.45, 7) is 14.3. The second kappa shape index (κ2) is 12.4. The van der Waals surface area contributed by atoms with Crippen molar-refractivity contribution in [3.05, 3.63) is 34.4 Å². The van der Waals surface area contributed by atoms with Gasteiger partial charge in [-0.25, -0.2) is 5.01 Å². The van der Waals surface area contributed by atoms with Crippen LogP contribution in [0.5, 0.6) is 0 Å². The van der Waals surface area contributed by atoms with Gasteiger partial charge in [0.1, 0.15) is 0 Å². The summed E-state index contributed by atoms with van der Waals surface area (Å²) in [4.78, 5) is 25.2. The SMILES string of the molecule is CC.CCc1cc(C)cc(CC)c1C(=O)C(=O)N(C)/N=C/CCC(C)C. The number of amides is 1. The lowest BCUT2D eigenvalue weighted by molar-refractivity contribution is -0.125. The Morgan fingerprint density at radius 3 is 2.04 bits per heavy atom. The van der Waals surface area contributed by atoms with Gasteiger partial charge in [-0.1, -0.05) is 59.2 Å². The molecule has 26 heavy (non-hydrogen) atoms. The molecule has 0 aromatic heterocycles. The van der Waals surface area contributed by atoms with E-state index in [1.54, 1.807) is 6.21 Å². The third-order valence-corrected chi connectivity index (χ3v) is 4.05. The second-order valence-electron chi connectivity index (χ2n) is 6.59. The van der Waals surface area contributed by atoms with Crippen LogP contribution in [0.1, 0.15) is 81.4 Å². The third-order valence-electron chi connectivity index (χ3n) is 4.05. The van der Waals surface area contributed by atoms with Crippen LogP contribution in [0, 0.1) is 12.8 Å². The zero-order chi connectivity index (χ0) is 20.3. The molecule has 0 aliphatic rings. The molecular weight excluding hydrogens is 324 g/mol. The van der Waals surface area contributed by atoms with Gasteiger partial charge in [-0.2, -0.15) is 5.10 Å². The summed E-state index contributed by atoms with van der Waals surface area (Å²) in [5, 5.41) is 5.26. The Balaban J connectivity index is 0.00000301. The van der Waals surface area contributed by atoms with Gasteiger partial charge < -0.3 is 0 Å². The maximum Gasteiger partial charge on any atom is 0.314 e. The predicted octanol–water partition coefficient (Wildman–Crippen LogP) is 5.21. The van der Waals surface area contributed by atoms with E-state index in [4.69, 9.17) is 0 Å². The molecule has 0 radical (unpaired) electrons. The van der Waals surface area contributed by atoms with Crippen molar-refractivity contribution in [2.75, 3.05) is 7.05 Å². The maximum atomic E-state index is 12.7. The van der Waals surface area contributed by atoms with E-state index in [1.807, 2.05) is 46.8 Å². The monoisotopic (exact) mass is 360 g/mol. The van der Waals surface area contributed by atoms with Crippen LogP contribution < -0.4 is 0 Å². The summed E-state index contributed by atoms with van der Waals surface area (Å²) in [5.74, 6) is -0.456. The van der Waals surface area contributed by atoms with Gasteiger partial charge in [-0.3, -0.25) is 9.59 Å². The number of hydrogen-bond donors (Lipinski definition) is 0. The van der Waals surface area contributed by atoms with E-state index in [2.05, 4.69) is 18.9 Å². The Morgan fingerprint density at radius 1 is 1.12 bits per heavy atom. The van der Waals surface area contributed by atoms with E-state index in [9.17, 15) is 9.59 Å². The molecule has 4 nitrogen and oxygen atoms in total. The highest BCUT2D eigenvalue weighted by Crippen LogP contribution is 2.20. The first-order valence-corrected chi connectivity index (χ1v) is 9.78. The van der Waals surface area contributed by atoms with Crippen LogP contribution in [0.2, 0.25) is 0 Å². The van der Waals surface area contributed by atoms with Gasteiger partial charge >= 0.3 is 5.91 Å². The maximum absolute atomic E-state index is 12.7. The zero-order valence-corrected chi connectivity index (χ0v) is 17.8. The van der Waals surface area contributed by atoms with Crippen molar-refractivity contribution in [2.24, 2.45) is 11.0 Å². The number of ketones is 1.